The zero-order valence-electron chi connectivity index (χ0n) is 8.82. The molecule has 0 spiro atoms. The predicted octanol–water partition coefficient (Wildman–Crippen LogP) is 3.73. The summed E-state index contributed by atoms with van der Waals surface area (Å²) in [5.74, 6) is -0.342. The summed E-state index contributed by atoms with van der Waals surface area (Å²) in [7, 11) is 0. The van der Waals surface area contributed by atoms with Crippen LogP contribution >= 0.6 is 15.9 Å². The van der Waals surface area contributed by atoms with E-state index >= 15 is 0 Å². The number of carbonyl (C=O) groups is 1. The molecule has 0 bridgehead atoms. The summed E-state index contributed by atoms with van der Waals surface area (Å²) in [5.41, 5.74) is 2.36. The molecular weight excluding hydrogens is 268 g/mol. The number of benzene rings is 1. The van der Waals surface area contributed by atoms with Gasteiger partial charge < -0.3 is 5.11 Å². The van der Waals surface area contributed by atoms with Crippen LogP contribution in [-0.2, 0) is 4.79 Å². The SMILES string of the molecule is O=C(O)/C=C1\CCC(c2ccc(Br)cc2)C1. The zero-order chi connectivity index (χ0) is 11.5. The smallest absolute Gasteiger partial charge is 0.328 e. The molecule has 84 valence electrons. The van der Waals surface area contributed by atoms with Crippen molar-refractivity contribution in [3.63, 3.8) is 0 Å². The maximum Gasteiger partial charge on any atom is 0.328 e. The number of aliphatic carboxylic acids is 1. The lowest BCUT2D eigenvalue weighted by molar-refractivity contribution is -0.131. The number of carboxylic acids is 1. The van der Waals surface area contributed by atoms with Crippen LogP contribution in [0.25, 0.3) is 0 Å². The molecule has 2 nitrogen and oxygen atoms in total. The highest BCUT2D eigenvalue weighted by atomic mass is 79.9. The molecule has 1 saturated carbocycles. The Kier molecular flexibility index (Phi) is 3.44. The Hall–Kier alpha value is -1.09. The third-order valence-electron chi connectivity index (χ3n) is 2.99. The molecule has 16 heavy (non-hydrogen) atoms. The average molecular weight is 281 g/mol. The second-order valence-electron chi connectivity index (χ2n) is 4.13. The van der Waals surface area contributed by atoms with E-state index in [1.807, 2.05) is 12.1 Å². The zero-order valence-corrected chi connectivity index (χ0v) is 10.4. The van der Waals surface area contributed by atoms with E-state index in [9.17, 15) is 4.79 Å². The fraction of sp³-hybridized carbons (Fsp3) is 0.308. The summed E-state index contributed by atoms with van der Waals surface area (Å²) in [6.07, 6.45) is 4.21. The summed E-state index contributed by atoms with van der Waals surface area (Å²) in [5, 5.41) is 8.68. The van der Waals surface area contributed by atoms with Crippen molar-refractivity contribution in [1.29, 1.82) is 0 Å². The van der Waals surface area contributed by atoms with Crippen LogP contribution < -0.4 is 0 Å². The molecule has 1 aliphatic rings. The van der Waals surface area contributed by atoms with Crippen LogP contribution in [0.1, 0.15) is 30.7 Å². The molecule has 1 fully saturated rings. The molecule has 1 unspecified atom stereocenters. The van der Waals surface area contributed by atoms with Crippen molar-refractivity contribution >= 4 is 21.9 Å². The van der Waals surface area contributed by atoms with Crippen molar-refractivity contribution < 1.29 is 9.90 Å². The van der Waals surface area contributed by atoms with E-state index in [2.05, 4.69) is 28.1 Å². The quantitative estimate of drug-likeness (QED) is 0.839. The number of halogens is 1. The van der Waals surface area contributed by atoms with E-state index in [-0.39, 0.29) is 0 Å². The van der Waals surface area contributed by atoms with Gasteiger partial charge in [0.25, 0.3) is 0 Å². The van der Waals surface area contributed by atoms with Crippen LogP contribution in [0.3, 0.4) is 0 Å². The van der Waals surface area contributed by atoms with Gasteiger partial charge in [-0.25, -0.2) is 4.79 Å². The Morgan fingerprint density at radius 3 is 2.69 bits per heavy atom. The highest BCUT2D eigenvalue weighted by Crippen LogP contribution is 2.37. The molecule has 1 aliphatic carbocycles. The monoisotopic (exact) mass is 280 g/mol. The first-order valence-electron chi connectivity index (χ1n) is 5.33. The standard InChI is InChI=1S/C13H13BrO2/c14-12-5-3-10(4-6-12)11-2-1-9(7-11)8-13(15)16/h3-6,8,11H,1-2,7H2,(H,15,16)/b9-8+. The lowest BCUT2D eigenvalue weighted by Gasteiger charge is -2.08. The molecule has 0 aromatic heterocycles. The van der Waals surface area contributed by atoms with Gasteiger partial charge in [0.15, 0.2) is 0 Å². The van der Waals surface area contributed by atoms with Gasteiger partial charge in [0, 0.05) is 10.5 Å². The lowest BCUT2D eigenvalue weighted by atomic mass is 9.97. The van der Waals surface area contributed by atoms with Crippen LogP contribution in [0.2, 0.25) is 0 Å². The number of hydrogen-bond donors (Lipinski definition) is 1. The van der Waals surface area contributed by atoms with E-state index in [1.54, 1.807) is 0 Å². The van der Waals surface area contributed by atoms with E-state index in [0.717, 1.165) is 29.3 Å². The highest BCUT2D eigenvalue weighted by Gasteiger charge is 2.21. The van der Waals surface area contributed by atoms with Gasteiger partial charge in [-0.05, 0) is 42.9 Å². The minimum atomic E-state index is -0.827. The van der Waals surface area contributed by atoms with Gasteiger partial charge in [-0.2, -0.15) is 0 Å². The van der Waals surface area contributed by atoms with Gasteiger partial charge in [-0.3, -0.25) is 0 Å². The lowest BCUT2D eigenvalue weighted by Crippen LogP contribution is -1.92. The molecule has 1 aromatic rings. The van der Waals surface area contributed by atoms with E-state index < -0.39 is 5.97 Å². The molecule has 3 heteroatoms. The van der Waals surface area contributed by atoms with Crippen molar-refractivity contribution in [2.75, 3.05) is 0 Å². The largest absolute Gasteiger partial charge is 0.478 e. The Morgan fingerprint density at radius 1 is 1.38 bits per heavy atom. The minimum Gasteiger partial charge on any atom is -0.478 e. The van der Waals surface area contributed by atoms with E-state index in [4.69, 9.17) is 5.11 Å². The molecule has 1 N–H and O–H groups in total. The van der Waals surface area contributed by atoms with Gasteiger partial charge in [-0.15, -0.1) is 0 Å². The van der Waals surface area contributed by atoms with Crippen molar-refractivity contribution in [3.05, 3.63) is 46.0 Å². The normalized spacial score (nSPS) is 22.6. The number of allylic oxidation sites excluding steroid dienone is 1. The van der Waals surface area contributed by atoms with Crippen LogP contribution in [-0.4, -0.2) is 11.1 Å². The second-order valence-corrected chi connectivity index (χ2v) is 5.05. The third-order valence-corrected chi connectivity index (χ3v) is 3.52. The molecule has 0 heterocycles. The molecule has 2 rings (SSSR count). The topological polar surface area (TPSA) is 37.3 Å². The third kappa shape index (κ3) is 2.73. The molecule has 0 amide bonds. The summed E-state index contributed by atoms with van der Waals surface area (Å²) in [4.78, 5) is 10.6. The minimum absolute atomic E-state index is 0.485. The van der Waals surface area contributed by atoms with Crippen LogP contribution in [0.15, 0.2) is 40.4 Å². The van der Waals surface area contributed by atoms with Gasteiger partial charge >= 0.3 is 5.97 Å². The Balaban J connectivity index is 2.09. The summed E-state index contributed by atoms with van der Waals surface area (Å²) in [6.45, 7) is 0. The van der Waals surface area contributed by atoms with Crippen molar-refractivity contribution in [3.8, 4) is 0 Å². The van der Waals surface area contributed by atoms with Crippen molar-refractivity contribution in [1.82, 2.24) is 0 Å². The fourth-order valence-electron chi connectivity index (χ4n) is 2.21. The molecular formula is C13H13BrO2. The first-order chi connectivity index (χ1) is 7.65. The Labute approximate surface area is 103 Å². The van der Waals surface area contributed by atoms with Gasteiger partial charge in [-0.1, -0.05) is 33.6 Å². The van der Waals surface area contributed by atoms with Gasteiger partial charge in [0.05, 0.1) is 0 Å². The van der Waals surface area contributed by atoms with Crippen molar-refractivity contribution in [2.24, 2.45) is 0 Å². The van der Waals surface area contributed by atoms with E-state index in [0.29, 0.717) is 5.92 Å². The number of carboxylic acid groups (broad SMARTS) is 1. The van der Waals surface area contributed by atoms with Gasteiger partial charge in [0.1, 0.15) is 0 Å². The van der Waals surface area contributed by atoms with E-state index in [1.165, 1.54) is 11.6 Å². The molecule has 1 atom stereocenters. The summed E-state index contributed by atoms with van der Waals surface area (Å²) >= 11 is 3.41. The van der Waals surface area contributed by atoms with Crippen LogP contribution in [0, 0.1) is 0 Å². The van der Waals surface area contributed by atoms with Gasteiger partial charge in [0.2, 0.25) is 0 Å². The maximum absolute atomic E-state index is 10.6. The van der Waals surface area contributed by atoms with Crippen LogP contribution in [0.5, 0.6) is 0 Å². The fourth-order valence-corrected chi connectivity index (χ4v) is 2.47. The molecule has 0 aliphatic heterocycles. The summed E-state index contributed by atoms with van der Waals surface area (Å²) in [6, 6.07) is 8.29. The summed E-state index contributed by atoms with van der Waals surface area (Å²) < 4.78 is 1.08. The molecule has 0 radical (unpaired) electrons. The maximum atomic E-state index is 10.6. The molecule has 0 saturated heterocycles. The Bertz CT molecular complexity index is 420. The first kappa shape index (κ1) is 11.4. The molecule has 1 aromatic carbocycles. The van der Waals surface area contributed by atoms with Crippen molar-refractivity contribution in [2.45, 2.75) is 25.2 Å². The Morgan fingerprint density at radius 2 is 2.06 bits per heavy atom. The number of rotatable bonds is 2. The highest BCUT2D eigenvalue weighted by molar-refractivity contribution is 9.10. The predicted molar refractivity (Wildman–Crippen MR) is 66.5 cm³/mol. The average Bonchev–Trinajstić information content (AvgIpc) is 2.66. The number of hydrogen-bond acceptors (Lipinski definition) is 1. The first-order valence-corrected chi connectivity index (χ1v) is 6.12. The van der Waals surface area contributed by atoms with Crippen LogP contribution in [0.4, 0.5) is 0 Å². The second kappa shape index (κ2) is 4.83.